The van der Waals surface area contributed by atoms with Gasteiger partial charge in [-0.15, -0.1) is 0 Å². The Kier molecular flexibility index (Phi) is 3.54. The minimum absolute atomic E-state index is 0.311. The number of rotatable bonds is 3. The van der Waals surface area contributed by atoms with Crippen LogP contribution in [0.5, 0.6) is 0 Å². The zero-order valence-electron chi connectivity index (χ0n) is 7.78. The Morgan fingerprint density at radius 3 is 3.14 bits per heavy atom. The fraction of sp³-hybridized carbons (Fsp3) is 0.250. The van der Waals surface area contributed by atoms with Gasteiger partial charge in [-0.05, 0) is 19.1 Å². The summed E-state index contributed by atoms with van der Waals surface area (Å²) in [5, 5.41) is 0. The molecule has 1 rings (SSSR count). The van der Waals surface area contributed by atoms with Gasteiger partial charge in [0, 0.05) is 6.20 Å². The van der Waals surface area contributed by atoms with Crippen molar-refractivity contribution >= 4 is 17.6 Å². The van der Waals surface area contributed by atoms with Crippen LogP contribution in [-0.2, 0) is 4.74 Å². The Balaban J connectivity index is 2.46. The van der Waals surface area contributed by atoms with E-state index in [1.165, 1.54) is 0 Å². The molecule has 1 amide bonds. The van der Waals surface area contributed by atoms with Crippen LogP contribution in [-0.4, -0.2) is 17.7 Å². The molecule has 0 atom stereocenters. The molecule has 1 aromatic rings. The SMILES string of the molecule is CCOC(=O)NNc1ncccc1N. The standard InChI is InChI=1S/C8H12N4O2/c1-2-14-8(13)12-11-7-6(9)4-3-5-10-7/h3-5H,2,9H2,1H3,(H,10,11)(H,12,13). The topological polar surface area (TPSA) is 89.3 Å². The summed E-state index contributed by atoms with van der Waals surface area (Å²) < 4.78 is 4.62. The van der Waals surface area contributed by atoms with Crippen molar-refractivity contribution < 1.29 is 9.53 Å². The highest BCUT2D eigenvalue weighted by Crippen LogP contribution is 2.10. The number of aromatic nitrogens is 1. The molecule has 1 aromatic heterocycles. The molecule has 0 spiro atoms. The number of nitrogen functional groups attached to an aromatic ring is 1. The Morgan fingerprint density at radius 1 is 1.71 bits per heavy atom. The van der Waals surface area contributed by atoms with E-state index < -0.39 is 6.09 Å². The van der Waals surface area contributed by atoms with Gasteiger partial charge >= 0.3 is 6.09 Å². The van der Waals surface area contributed by atoms with Crippen LogP contribution >= 0.6 is 0 Å². The Bertz CT molecular complexity index is 316. The van der Waals surface area contributed by atoms with Crippen LogP contribution in [0.4, 0.5) is 16.3 Å². The first kappa shape index (κ1) is 10.1. The van der Waals surface area contributed by atoms with Gasteiger partial charge in [0.05, 0.1) is 12.3 Å². The monoisotopic (exact) mass is 196 g/mol. The second-order valence-electron chi connectivity index (χ2n) is 2.41. The lowest BCUT2D eigenvalue weighted by atomic mass is 10.4. The van der Waals surface area contributed by atoms with E-state index in [0.717, 1.165) is 0 Å². The van der Waals surface area contributed by atoms with Gasteiger partial charge in [-0.2, -0.15) is 0 Å². The molecule has 0 aromatic carbocycles. The molecular weight excluding hydrogens is 184 g/mol. The number of hydrazine groups is 1. The van der Waals surface area contributed by atoms with Crippen molar-refractivity contribution in [1.82, 2.24) is 10.4 Å². The summed E-state index contributed by atoms with van der Waals surface area (Å²) in [4.78, 5) is 14.8. The highest BCUT2D eigenvalue weighted by atomic mass is 16.5. The van der Waals surface area contributed by atoms with E-state index in [9.17, 15) is 4.79 Å². The van der Waals surface area contributed by atoms with E-state index in [1.807, 2.05) is 0 Å². The van der Waals surface area contributed by atoms with E-state index in [-0.39, 0.29) is 0 Å². The fourth-order valence-corrected chi connectivity index (χ4v) is 0.800. The summed E-state index contributed by atoms with van der Waals surface area (Å²) in [6, 6.07) is 3.37. The van der Waals surface area contributed by atoms with E-state index >= 15 is 0 Å². The number of pyridine rings is 1. The molecule has 6 nitrogen and oxygen atoms in total. The van der Waals surface area contributed by atoms with Gasteiger partial charge in [0.15, 0.2) is 5.82 Å². The van der Waals surface area contributed by atoms with Crippen LogP contribution < -0.4 is 16.6 Å². The number of nitrogens with zero attached hydrogens (tertiary/aromatic N) is 1. The van der Waals surface area contributed by atoms with Crippen LogP contribution in [0.15, 0.2) is 18.3 Å². The summed E-state index contributed by atoms with van der Waals surface area (Å²) in [7, 11) is 0. The number of carbonyl (C=O) groups is 1. The maximum atomic E-state index is 10.9. The van der Waals surface area contributed by atoms with Gasteiger partial charge in [0.2, 0.25) is 0 Å². The largest absolute Gasteiger partial charge is 0.449 e. The third-order valence-corrected chi connectivity index (χ3v) is 1.40. The van der Waals surface area contributed by atoms with Gasteiger partial charge in [0.1, 0.15) is 0 Å². The average molecular weight is 196 g/mol. The Hall–Kier alpha value is -1.98. The molecule has 1 heterocycles. The summed E-state index contributed by atoms with van der Waals surface area (Å²) in [6.45, 7) is 2.03. The third-order valence-electron chi connectivity index (χ3n) is 1.40. The Labute approximate surface area is 81.4 Å². The Morgan fingerprint density at radius 2 is 2.50 bits per heavy atom. The number of hydrogen-bond acceptors (Lipinski definition) is 5. The molecule has 0 fully saturated rings. The van der Waals surface area contributed by atoms with Crippen molar-refractivity contribution in [2.24, 2.45) is 0 Å². The smallest absolute Gasteiger partial charge is 0.425 e. The number of ether oxygens (including phenoxy) is 1. The van der Waals surface area contributed by atoms with Crippen LogP contribution in [0.3, 0.4) is 0 Å². The summed E-state index contributed by atoms with van der Waals surface area (Å²) in [6.07, 6.45) is 0.989. The summed E-state index contributed by atoms with van der Waals surface area (Å²) in [5.74, 6) is 0.389. The van der Waals surface area contributed by atoms with Crippen LogP contribution in [0.1, 0.15) is 6.92 Å². The minimum Gasteiger partial charge on any atom is -0.449 e. The molecule has 0 unspecified atom stereocenters. The molecule has 0 bridgehead atoms. The molecule has 76 valence electrons. The van der Waals surface area contributed by atoms with Crippen molar-refractivity contribution in [3.05, 3.63) is 18.3 Å². The minimum atomic E-state index is -0.572. The molecule has 0 aliphatic carbocycles. The highest BCUT2D eigenvalue weighted by Gasteiger charge is 2.01. The highest BCUT2D eigenvalue weighted by molar-refractivity contribution is 5.71. The van der Waals surface area contributed by atoms with Crippen LogP contribution in [0.25, 0.3) is 0 Å². The van der Waals surface area contributed by atoms with Crippen molar-refractivity contribution in [1.29, 1.82) is 0 Å². The number of carbonyl (C=O) groups excluding carboxylic acids is 1. The number of nitrogens with two attached hydrogens (primary N) is 1. The lowest BCUT2D eigenvalue weighted by Gasteiger charge is -2.08. The number of nitrogens with one attached hydrogen (secondary N) is 2. The molecule has 0 radical (unpaired) electrons. The number of amides is 1. The molecule has 4 N–H and O–H groups in total. The van der Waals surface area contributed by atoms with Gasteiger partial charge in [0.25, 0.3) is 0 Å². The van der Waals surface area contributed by atoms with E-state index in [2.05, 4.69) is 20.6 Å². The van der Waals surface area contributed by atoms with E-state index in [1.54, 1.807) is 25.3 Å². The lowest BCUT2D eigenvalue weighted by Crippen LogP contribution is -2.30. The van der Waals surface area contributed by atoms with Gasteiger partial charge in [-0.25, -0.2) is 15.2 Å². The zero-order valence-corrected chi connectivity index (χ0v) is 7.78. The maximum Gasteiger partial charge on any atom is 0.425 e. The quantitative estimate of drug-likeness (QED) is 0.620. The van der Waals surface area contributed by atoms with Crippen molar-refractivity contribution in [2.75, 3.05) is 17.8 Å². The van der Waals surface area contributed by atoms with Crippen molar-refractivity contribution in [3.63, 3.8) is 0 Å². The zero-order chi connectivity index (χ0) is 10.4. The van der Waals surface area contributed by atoms with Gasteiger partial charge in [-0.1, -0.05) is 0 Å². The summed E-state index contributed by atoms with van der Waals surface area (Å²) >= 11 is 0. The molecule has 0 aliphatic rings. The first-order chi connectivity index (χ1) is 6.74. The summed E-state index contributed by atoms with van der Waals surface area (Å²) in [5.41, 5.74) is 10.8. The molecular formula is C8H12N4O2. The van der Waals surface area contributed by atoms with E-state index in [0.29, 0.717) is 18.1 Å². The third kappa shape index (κ3) is 2.81. The van der Waals surface area contributed by atoms with Crippen molar-refractivity contribution in [2.45, 2.75) is 6.92 Å². The van der Waals surface area contributed by atoms with Crippen LogP contribution in [0.2, 0.25) is 0 Å². The first-order valence-corrected chi connectivity index (χ1v) is 4.13. The second kappa shape index (κ2) is 4.90. The molecule has 0 aliphatic heterocycles. The number of anilines is 2. The van der Waals surface area contributed by atoms with Gasteiger partial charge in [-0.3, -0.25) is 5.43 Å². The fourth-order valence-electron chi connectivity index (χ4n) is 0.800. The predicted octanol–water partition coefficient (Wildman–Crippen LogP) is 0.737. The molecule has 0 saturated heterocycles. The predicted molar refractivity (Wildman–Crippen MR) is 52.4 cm³/mol. The lowest BCUT2D eigenvalue weighted by molar-refractivity contribution is 0.154. The van der Waals surface area contributed by atoms with Crippen LogP contribution in [0, 0.1) is 0 Å². The molecule has 14 heavy (non-hydrogen) atoms. The second-order valence-corrected chi connectivity index (χ2v) is 2.41. The molecule has 0 saturated carbocycles. The van der Waals surface area contributed by atoms with Gasteiger partial charge < -0.3 is 10.5 Å². The normalized spacial score (nSPS) is 9.21. The number of hydrogen-bond donors (Lipinski definition) is 3. The average Bonchev–Trinajstić information content (AvgIpc) is 2.17. The van der Waals surface area contributed by atoms with E-state index in [4.69, 9.17) is 5.73 Å². The first-order valence-electron chi connectivity index (χ1n) is 4.13. The molecule has 6 heteroatoms. The van der Waals surface area contributed by atoms with Crippen molar-refractivity contribution in [3.8, 4) is 0 Å². The maximum absolute atomic E-state index is 10.9.